The van der Waals surface area contributed by atoms with Gasteiger partial charge in [-0.05, 0) is 18.8 Å². The van der Waals surface area contributed by atoms with E-state index in [4.69, 9.17) is 4.74 Å². The van der Waals surface area contributed by atoms with Crippen LogP contribution >= 0.6 is 0 Å². The van der Waals surface area contributed by atoms with Gasteiger partial charge in [-0.3, -0.25) is 4.79 Å². The SMILES string of the molecule is CCCCCCOC(=O)CCCCC(C)C.[Ni]. The number of unbranched alkanes of at least 4 members (excludes halogenated alkanes) is 4. The number of hydrogen-bond donors (Lipinski definition) is 0. The molecule has 0 aliphatic heterocycles. The minimum Gasteiger partial charge on any atom is -0.466 e. The second-order valence-corrected chi connectivity index (χ2v) is 4.92. The average molecular weight is 287 g/mol. The molecule has 0 bridgehead atoms. The number of ether oxygens (including phenoxy) is 1. The molecule has 17 heavy (non-hydrogen) atoms. The molecule has 0 heterocycles. The number of esters is 1. The van der Waals surface area contributed by atoms with Gasteiger partial charge in [0.15, 0.2) is 0 Å². The van der Waals surface area contributed by atoms with Crippen LogP contribution < -0.4 is 0 Å². The van der Waals surface area contributed by atoms with Crippen LogP contribution in [0.15, 0.2) is 0 Å². The molecule has 0 N–H and O–H groups in total. The second kappa shape index (κ2) is 14.0. The van der Waals surface area contributed by atoms with Gasteiger partial charge in [0.2, 0.25) is 0 Å². The Labute approximate surface area is 117 Å². The van der Waals surface area contributed by atoms with E-state index in [1.807, 2.05) is 0 Å². The fourth-order valence-electron chi connectivity index (χ4n) is 1.61. The van der Waals surface area contributed by atoms with E-state index in [1.54, 1.807) is 0 Å². The predicted octanol–water partition coefficient (Wildman–Crippen LogP) is 4.32. The van der Waals surface area contributed by atoms with Gasteiger partial charge in [0, 0.05) is 22.9 Å². The van der Waals surface area contributed by atoms with Crippen molar-refractivity contribution in [3.8, 4) is 0 Å². The molecule has 0 atom stereocenters. The van der Waals surface area contributed by atoms with E-state index in [2.05, 4.69) is 20.8 Å². The third-order valence-corrected chi connectivity index (χ3v) is 2.67. The maximum atomic E-state index is 11.3. The standard InChI is InChI=1S/C14H28O2.Ni/c1-4-5-6-9-12-16-14(15)11-8-7-10-13(2)3;/h13H,4-12H2,1-3H3;. The first-order valence-electron chi connectivity index (χ1n) is 6.82. The zero-order valence-corrected chi connectivity index (χ0v) is 12.6. The quantitative estimate of drug-likeness (QED) is 0.340. The molecule has 0 amide bonds. The van der Waals surface area contributed by atoms with Gasteiger partial charge in [0.25, 0.3) is 0 Å². The van der Waals surface area contributed by atoms with Gasteiger partial charge in [-0.1, -0.05) is 52.9 Å². The molecule has 0 aromatic rings. The van der Waals surface area contributed by atoms with Gasteiger partial charge in [0.1, 0.15) is 0 Å². The summed E-state index contributed by atoms with van der Waals surface area (Å²) in [4.78, 5) is 11.3. The zero-order valence-electron chi connectivity index (χ0n) is 11.6. The Kier molecular flexibility index (Phi) is 15.9. The molecule has 0 aliphatic carbocycles. The van der Waals surface area contributed by atoms with Crippen LogP contribution in [0.3, 0.4) is 0 Å². The maximum Gasteiger partial charge on any atom is 0.305 e. The summed E-state index contributed by atoms with van der Waals surface area (Å²) in [5, 5.41) is 0. The molecule has 0 fully saturated rings. The molecular weight excluding hydrogens is 259 g/mol. The molecule has 0 aromatic heterocycles. The van der Waals surface area contributed by atoms with Gasteiger partial charge in [-0.2, -0.15) is 0 Å². The summed E-state index contributed by atoms with van der Waals surface area (Å²) in [5.41, 5.74) is 0. The molecule has 0 rings (SSSR count). The normalized spacial score (nSPS) is 10.1. The van der Waals surface area contributed by atoms with Crippen LogP contribution in [-0.2, 0) is 26.0 Å². The van der Waals surface area contributed by atoms with Crippen LogP contribution in [0, 0.1) is 5.92 Å². The van der Waals surface area contributed by atoms with Crippen molar-refractivity contribution in [1.82, 2.24) is 0 Å². The van der Waals surface area contributed by atoms with E-state index in [9.17, 15) is 4.79 Å². The van der Waals surface area contributed by atoms with Crippen molar-refractivity contribution in [2.75, 3.05) is 6.61 Å². The van der Waals surface area contributed by atoms with Gasteiger partial charge >= 0.3 is 5.97 Å². The Morgan fingerprint density at radius 2 is 1.76 bits per heavy atom. The molecule has 2 nitrogen and oxygen atoms in total. The minimum absolute atomic E-state index is 0. The molecule has 0 spiro atoms. The molecular formula is C14H28NiO2. The molecule has 0 saturated carbocycles. The van der Waals surface area contributed by atoms with E-state index in [0.29, 0.717) is 13.0 Å². The summed E-state index contributed by atoms with van der Waals surface area (Å²) in [6, 6.07) is 0. The van der Waals surface area contributed by atoms with E-state index in [-0.39, 0.29) is 22.5 Å². The number of hydrogen-bond acceptors (Lipinski definition) is 2. The van der Waals surface area contributed by atoms with Crippen molar-refractivity contribution >= 4 is 5.97 Å². The predicted molar refractivity (Wildman–Crippen MR) is 68.4 cm³/mol. The summed E-state index contributed by atoms with van der Waals surface area (Å²) in [6.45, 7) is 7.22. The van der Waals surface area contributed by atoms with Gasteiger partial charge in [0.05, 0.1) is 6.61 Å². The fourth-order valence-corrected chi connectivity index (χ4v) is 1.61. The molecule has 0 unspecified atom stereocenters. The Balaban J connectivity index is 0. The summed E-state index contributed by atoms with van der Waals surface area (Å²) in [5.74, 6) is 0.727. The zero-order chi connectivity index (χ0) is 12.2. The molecule has 0 aliphatic rings. The van der Waals surface area contributed by atoms with E-state index < -0.39 is 0 Å². The van der Waals surface area contributed by atoms with Gasteiger partial charge in [-0.15, -0.1) is 0 Å². The van der Waals surface area contributed by atoms with Crippen molar-refractivity contribution < 1.29 is 26.0 Å². The fraction of sp³-hybridized carbons (Fsp3) is 0.929. The van der Waals surface area contributed by atoms with Crippen molar-refractivity contribution in [1.29, 1.82) is 0 Å². The third kappa shape index (κ3) is 16.0. The maximum absolute atomic E-state index is 11.3. The first-order chi connectivity index (χ1) is 7.66. The first kappa shape index (κ1) is 19.3. The first-order valence-corrected chi connectivity index (χ1v) is 6.82. The molecule has 106 valence electrons. The summed E-state index contributed by atoms with van der Waals surface area (Å²) >= 11 is 0. The Morgan fingerprint density at radius 3 is 2.35 bits per heavy atom. The van der Waals surface area contributed by atoms with Crippen LogP contribution in [0.4, 0.5) is 0 Å². The second-order valence-electron chi connectivity index (χ2n) is 4.92. The Bertz CT molecular complexity index is 170. The monoisotopic (exact) mass is 286 g/mol. The van der Waals surface area contributed by atoms with Crippen LogP contribution in [0.5, 0.6) is 0 Å². The Hall–Kier alpha value is -0.0365. The number of carbonyl (C=O) groups is 1. The summed E-state index contributed by atoms with van der Waals surface area (Å²) < 4.78 is 5.16. The average Bonchev–Trinajstić information content (AvgIpc) is 2.24. The van der Waals surface area contributed by atoms with Gasteiger partial charge < -0.3 is 4.74 Å². The van der Waals surface area contributed by atoms with Crippen LogP contribution in [-0.4, -0.2) is 12.6 Å². The van der Waals surface area contributed by atoms with Crippen molar-refractivity contribution in [2.45, 2.75) is 72.1 Å². The van der Waals surface area contributed by atoms with Crippen LogP contribution in [0.25, 0.3) is 0 Å². The summed E-state index contributed by atoms with van der Waals surface area (Å²) in [7, 11) is 0. The molecule has 0 aromatic carbocycles. The Morgan fingerprint density at radius 1 is 1.06 bits per heavy atom. The smallest absolute Gasteiger partial charge is 0.305 e. The minimum atomic E-state index is -0.0137. The molecule has 0 radical (unpaired) electrons. The van der Waals surface area contributed by atoms with Crippen LogP contribution in [0.2, 0.25) is 0 Å². The van der Waals surface area contributed by atoms with E-state index >= 15 is 0 Å². The number of rotatable bonds is 10. The largest absolute Gasteiger partial charge is 0.466 e. The number of carbonyl (C=O) groups excluding carboxylic acids is 1. The van der Waals surface area contributed by atoms with Crippen molar-refractivity contribution in [3.63, 3.8) is 0 Å². The van der Waals surface area contributed by atoms with Gasteiger partial charge in [-0.25, -0.2) is 0 Å². The van der Waals surface area contributed by atoms with Crippen molar-refractivity contribution in [2.24, 2.45) is 5.92 Å². The third-order valence-electron chi connectivity index (χ3n) is 2.67. The van der Waals surface area contributed by atoms with Crippen LogP contribution in [0.1, 0.15) is 72.1 Å². The summed E-state index contributed by atoms with van der Waals surface area (Å²) in [6.07, 6.45) is 8.59. The van der Waals surface area contributed by atoms with E-state index in [1.165, 1.54) is 25.7 Å². The molecule has 3 heteroatoms. The topological polar surface area (TPSA) is 26.3 Å². The molecule has 0 saturated heterocycles. The van der Waals surface area contributed by atoms with E-state index in [0.717, 1.165) is 25.2 Å². The van der Waals surface area contributed by atoms with Crippen molar-refractivity contribution in [3.05, 3.63) is 0 Å².